The van der Waals surface area contributed by atoms with Gasteiger partial charge in [0.1, 0.15) is 0 Å². The Hall–Kier alpha value is -1.31. The quantitative estimate of drug-likeness (QED) is 0.462. The molecule has 88 valence electrons. The zero-order chi connectivity index (χ0) is 12.1. The van der Waals surface area contributed by atoms with E-state index >= 15 is 0 Å². The number of nitrogens with zero attached hydrogens (tertiary/aromatic N) is 1. The fourth-order valence-electron chi connectivity index (χ4n) is 1.35. The van der Waals surface area contributed by atoms with Crippen LogP contribution in [0.2, 0.25) is 0 Å². The van der Waals surface area contributed by atoms with Crippen LogP contribution in [0.5, 0.6) is 0 Å². The lowest BCUT2D eigenvalue weighted by molar-refractivity contribution is -0.384. The highest BCUT2D eigenvalue weighted by Gasteiger charge is 2.07. The molecule has 0 bridgehead atoms. The van der Waals surface area contributed by atoms with Crippen molar-refractivity contribution in [2.24, 2.45) is 0 Å². The molecular weight excluding hydrogens is 232 g/mol. The summed E-state index contributed by atoms with van der Waals surface area (Å²) in [7, 11) is 0. The van der Waals surface area contributed by atoms with Gasteiger partial charge in [0.2, 0.25) is 11.3 Å². The van der Waals surface area contributed by atoms with E-state index in [2.05, 4.69) is 4.72 Å². The van der Waals surface area contributed by atoms with Gasteiger partial charge in [-0.15, -0.1) is 0 Å². The molecule has 1 atom stereocenters. The van der Waals surface area contributed by atoms with Gasteiger partial charge in [-0.05, 0) is 24.5 Å². The average Bonchev–Trinajstić information content (AvgIpc) is 2.19. The number of hydrogen-bond donors (Lipinski definition) is 2. The minimum absolute atomic E-state index is 0.0555. The predicted octanol–water partition coefficient (Wildman–Crippen LogP) is 1.17. The summed E-state index contributed by atoms with van der Waals surface area (Å²) in [5.74, 6) is 0. The molecule has 0 fully saturated rings. The van der Waals surface area contributed by atoms with Gasteiger partial charge in [-0.25, -0.2) is 8.93 Å². The van der Waals surface area contributed by atoms with Crippen LogP contribution in [-0.4, -0.2) is 20.2 Å². The second-order valence-electron chi connectivity index (χ2n) is 3.26. The maximum atomic E-state index is 10.5. The zero-order valence-corrected chi connectivity index (χ0v) is 9.49. The fraction of sp³-hybridized carbons (Fsp3) is 0.333. The Morgan fingerprint density at radius 1 is 1.56 bits per heavy atom. The minimum Gasteiger partial charge on any atom is -0.294 e. The summed E-state index contributed by atoms with van der Waals surface area (Å²) >= 11 is -2.02. The molecule has 6 nitrogen and oxygen atoms in total. The molecule has 0 saturated carbocycles. The highest BCUT2D eigenvalue weighted by Crippen LogP contribution is 2.17. The van der Waals surface area contributed by atoms with E-state index in [1.807, 2.05) is 0 Å². The van der Waals surface area contributed by atoms with Crippen LogP contribution in [-0.2, 0) is 17.7 Å². The van der Waals surface area contributed by atoms with Gasteiger partial charge in [-0.1, -0.05) is 6.07 Å². The molecule has 1 aromatic rings. The molecule has 0 aromatic heterocycles. The Morgan fingerprint density at radius 2 is 2.25 bits per heavy atom. The Bertz CT molecular complexity index is 422. The van der Waals surface area contributed by atoms with Crippen LogP contribution < -0.4 is 4.72 Å². The summed E-state index contributed by atoms with van der Waals surface area (Å²) in [5, 5.41) is 10.5. The third-order valence-electron chi connectivity index (χ3n) is 2.16. The Labute approximate surface area is 95.2 Å². The molecule has 2 N–H and O–H groups in total. The van der Waals surface area contributed by atoms with E-state index < -0.39 is 16.2 Å². The molecule has 0 spiro atoms. The molecule has 0 radical (unpaired) electrons. The third kappa shape index (κ3) is 3.69. The number of benzene rings is 1. The fourth-order valence-corrected chi connectivity index (χ4v) is 1.62. The Kier molecular flexibility index (Phi) is 4.53. The smallest absolute Gasteiger partial charge is 0.269 e. The normalized spacial score (nSPS) is 12.4. The second-order valence-corrected chi connectivity index (χ2v) is 4.05. The summed E-state index contributed by atoms with van der Waals surface area (Å²) in [6, 6.07) is 4.58. The largest absolute Gasteiger partial charge is 0.294 e. The Balaban J connectivity index is 2.68. The first-order valence-corrected chi connectivity index (χ1v) is 5.69. The first-order chi connectivity index (χ1) is 7.50. The van der Waals surface area contributed by atoms with Gasteiger partial charge in [0, 0.05) is 18.7 Å². The van der Waals surface area contributed by atoms with E-state index in [1.165, 1.54) is 12.1 Å². The van der Waals surface area contributed by atoms with Gasteiger partial charge in [-0.2, -0.15) is 0 Å². The van der Waals surface area contributed by atoms with Crippen molar-refractivity contribution in [3.8, 4) is 0 Å². The molecule has 7 heteroatoms. The van der Waals surface area contributed by atoms with E-state index in [4.69, 9.17) is 4.55 Å². The molecule has 16 heavy (non-hydrogen) atoms. The minimum atomic E-state index is -2.02. The first-order valence-electron chi connectivity index (χ1n) is 4.59. The summed E-state index contributed by atoms with van der Waals surface area (Å²) in [4.78, 5) is 10.0. The van der Waals surface area contributed by atoms with Crippen LogP contribution in [0.4, 0.5) is 5.69 Å². The molecular formula is C9H12N2O4S. The van der Waals surface area contributed by atoms with Crippen LogP contribution in [0.15, 0.2) is 18.2 Å². The van der Waals surface area contributed by atoms with Gasteiger partial charge < -0.3 is 0 Å². The molecule has 0 heterocycles. The lowest BCUT2D eigenvalue weighted by Crippen LogP contribution is -2.19. The summed E-state index contributed by atoms with van der Waals surface area (Å²) in [5.41, 5.74) is 1.78. The topological polar surface area (TPSA) is 92.5 Å². The second kappa shape index (κ2) is 5.69. The lowest BCUT2D eigenvalue weighted by atomic mass is 10.1. The van der Waals surface area contributed by atoms with E-state index in [0.717, 1.165) is 11.1 Å². The molecule has 0 amide bonds. The SMILES string of the molecule is Cc1cc([N+](=O)[O-])ccc1CCNS(=O)O. The van der Waals surface area contributed by atoms with Crippen LogP contribution >= 0.6 is 0 Å². The summed E-state index contributed by atoms with van der Waals surface area (Å²) in [6.07, 6.45) is 0.552. The molecule has 1 aromatic carbocycles. The third-order valence-corrected chi connectivity index (χ3v) is 2.61. The molecule has 1 unspecified atom stereocenters. The Morgan fingerprint density at radius 3 is 2.75 bits per heavy atom. The van der Waals surface area contributed by atoms with Crippen molar-refractivity contribution >= 4 is 17.0 Å². The number of nitro groups is 1. The number of non-ortho nitro benzene ring substituents is 1. The van der Waals surface area contributed by atoms with E-state index in [1.54, 1.807) is 13.0 Å². The average molecular weight is 244 g/mol. The van der Waals surface area contributed by atoms with Gasteiger partial charge in [-0.3, -0.25) is 14.7 Å². The standard InChI is InChI=1S/C9H12N2O4S/c1-7-6-9(11(12)13)3-2-8(7)4-5-10-16(14)15/h2-3,6,10H,4-5H2,1H3,(H,14,15). The van der Waals surface area contributed by atoms with Gasteiger partial charge in [0.25, 0.3) is 5.69 Å². The molecule has 0 aliphatic rings. The number of rotatable bonds is 5. The maximum Gasteiger partial charge on any atom is 0.269 e. The highest BCUT2D eigenvalue weighted by atomic mass is 32.2. The summed E-state index contributed by atoms with van der Waals surface area (Å²) in [6.45, 7) is 2.13. The summed E-state index contributed by atoms with van der Waals surface area (Å²) < 4.78 is 21.2. The molecule has 1 rings (SSSR count). The van der Waals surface area contributed by atoms with Crippen molar-refractivity contribution in [2.75, 3.05) is 6.54 Å². The van der Waals surface area contributed by atoms with Crippen LogP contribution in [0.25, 0.3) is 0 Å². The number of nitrogens with one attached hydrogen (secondary N) is 1. The first kappa shape index (κ1) is 12.8. The van der Waals surface area contributed by atoms with E-state index in [0.29, 0.717) is 13.0 Å². The van der Waals surface area contributed by atoms with Crippen LogP contribution in [0.1, 0.15) is 11.1 Å². The monoisotopic (exact) mass is 244 g/mol. The number of nitro benzene ring substituents is 1. The number of aryl methyl sites for hydroxylation is 1. The van der Waals surface area contributed by atoms with E-state index in [-0.39, 0.29) is 5.69 Å². The van der Waals surface area contributed by atoms with Crippen molar-refractivity contribution in [3.63, 3.8) is 0 Å². The van der Waals surface area contributed by atoms with Crippen molar-refractivity contribution in [1.29, 1.82) is 0 Å². The highest BCUT2D eigenvalue weighted by molar-refractivity contribution is 7.77. The van der Waals surface area contributed by atoms with Crippen molar-refractivity contribution in [2.45, 2.75) is 13.3 Å². The van der Waals surface area contributed by atoms with Gasteiger partial charge >= 0.3 is 0 Å². The van der Waals surface area contributed by atoms with Crippen molar-refractivity contribution in [3.05, 3.63) is 39.4 Å². The lowest BCUT2D eigenvalue weighted by Gasteiger charge is -2.05. The van der Waals surface area contributed by atoms with Gasteiger partial charge in [0.05, 0.1) is 4.92 Å². The van der Waals surface area contributed by atoms with Crippen molar-refractivity contribution < 1.29 is 13.7 Å². The molecule has 0 aliphatic carbocycles. The molecule has 0 saturated heterocycles. The maximum absolute atomic E-state index is 10.5. The van der Waals surface area contributed by atoms with Crippen LogP contribution in [0.3, 0.4) is 0 Å². The predicted molar refractivity (Wildman–Crippen MR) is 60.3 cm³/mol. The number of hydrogen-bond acceptors (Lipinski definition) is 3. The van der Waals surface area contributed by atoms with E-state index in [9.17, 15) is 14.3 Å². The van der Waals surface area contributed by atoms with Crippen LogP contribution in [0, 0.1) is 17.0 Å². The van der Waals surface area contributed by atoms with Gasteiger partial charge in [0.15, 0.2) is 0 Å². The zero-order valence-electron chi connectivity index (χ0n) is 8.67. The van der Waals surface area contributed by atoms with Crippen molar-refractivity contribution in [1.82, 2.24) is 4.72 Å². The molecule has 0 aliphatic heterocycles.